The molecule has 0 aliphatic carbocycles. The average molecular weight is 445 g/mol. The fourth-order valence-corrected chi connectivity index (χ4v) is 2.89. The Bertz CT molecular complexity index is 830. The smallest absolute Gasteiger partial charge is 0.134 e. The molecule has 3 aromatic carbocycles. The number of halogens is 2. The summed E-state index contributed by atoms with van der Waals surface area (Å²) in [4.78, 5) is 4.46. The van der Waals surface area contributed by atoms with Crippen molar-refractivity contribution in [3.63, 3.8) is 0 Å². The molecule has 0 aromatic heterocycles. The standard InChI is InChI=1S/C20H15Br2NO/c21-17-9-6-15(7-10-17)14-24-20-11-8-16(12-19(20)22)13-23-18-4-2-1-3-5-18/h1-13H,14H2. The number of rotatable bonds is 5. The van der Waals surface area contributed by atoms with Crippen LogP contribution in [0.3, 0.4) is 0 Å². The molecular weight excluding hydrogens is 430 g/mol. The summed E-state index contributed by atoms with van der Waals surface area (Å²) in [6, 6.07) is 23.9. The fourth-order valence-electron chi connectivity index (χ4n) is 2.12. The monoisotopic (exact) mass is 443 g/mol. The molecule has 0 spiro atoms. The molecule has 0 bridgehead atoms. The number of hydrogen-bond donors (Lipinski definition) is 0. The quantitative estimate of drug-likeness (QED) is 0.409. The van der Waals surface area contributed by atoms with Crippen molar-refractivity contribution in [2.45, 2.75) is 6.61 Å². The summed E-state index contributed by atoms with van der Waals surface area (Å²) in [5, 5.41) is 0. The van der Waals surface area contributed by atoms with E-state index in [0.717, 1.165) is 31.5 Å². The maximum atomic E-state index is 5.87. The van der Waals surface area contributed by atoms with Crippen LogP contribution in [0.4, 0.5) is 5.69 Å². The third-order valence-electron chi connectivity index (χ3n) is 3.38. The minimum absolute atomic E-state index is 0.531. The zero-order valence-electron chi connectivity index (χ0n) is 12.8. The highest BCUT2D eigenvalue weighted by atomic mass is 79.9. The number of ether oxygens (including phenoxy) is 1. The van der Waals surface area contributed by atoms with Crippen LogP contribution in [0.25, 0.3) is 0 Å². The first-order valence-corrected chi connectivity index (χ1v) is 9.05. The van der Waals surface area contributed by atoms with Crippen LogP contribution in [0, 0.1) is 0 Å². The molecule has 24 heavy (non-hydrogen) atoms. The van der Waals surface area contributed by atoms with Gasteiger partial charge >= 0.3 is 0 Å². The topological polar surface area (TPSA) is 21.6 Å². The molecule has 0 aliphatic rings. The molecule has 0 fully saturated rings. The van der Waals surface area contributed by atoms with Gasteiger partial charge in [0, 0.05) is 10.7 Å². The van der Waals surface area contributed by atoms with Crippen LogP contribution in [0.5, 0.6) is 5.75 Å². The van der Waals surface area contributed by atoms with Gasteiger partial charge in [0.05, 0.1) is 10.2 Å². The normalized spacial score (nSPS) is 10.9. The summed E-state index contributed by atoms with van der Waals surface area (Å²) in [5.41, 5.74) is 3.07. The summed E-state index contributed by atoms with van der Waals surface area (Å²) in [6.45, 7) is 0.531. The second kappa shape index (κ2) is 8.27. The Balaban J connectivity index is 1.66. The van der Waals surface area contributed by atoms with Gasteiger partial charge in [0.25, 0.3) is 0 Å². The lowest BCUT2D eigenvalue weighted by molar-refractivity contribution is 0.304. The number of aliphatic imine (C=N–C) groups is 1. The molecule has 0 heterocycles. The van der Waals surface area contributed by atoms with E-state index in [9.17, 15) is 0 Å². The van der Waals surface area contributed by atoms with Gasteiger partial charge in [-0.3, -0.25) is 4.99 Å². The SMILES string of the molecule is Brc1ccc(COc2ccc(C=Nc3ccccc3)cc2Br)cc1. The summed E-state index contributed by atoms with van der Waals surface area (Å²) in [6.07, 6.45) is 1.85. The van der Waals surface area contributed by atoms with Gasteiger partial charge in [0.2, 0.25) is 0 Å². The molecule has 4 heteroatoms. The largest absolute Gasteiger partial charge is 0.488 e. The highest BCUT2D eigenvalue weighted by molar-refractivity contribution is 9.10. The lowest BCUT2D eigenvalue weighted by Gasteiger charge is -2.09. The minimum atomic E-state index is 0.531. The van der Waals surface area contributed by atoms with Crippen molar-refractivity contribution in [1.82, 2.24) is 0 Å². The van der Waals surface area contributed by atoms with Crippen molar-refractivity contribution in [1.29, 1.82) is 0 Å². The van der Waals surface area contributed by atoms with Crippen molar-refractivity contribution in [2.24, 2.45) is 4.99 Å². The van der Waals surface area contributed by atoms with E-state index in [-0.39, 0.29) is 0 Å². The van der Waals surface area contributed by atoms with Gasteiger partial charge in [0.15, 0.2) is 0 Å². The van der Waals surface area contributed by atoms with Crippen molar-refractivity contribution in [2.75, 3.05) is 0 Å². The number of nitrogens with zero attached hydrogens (tertiary/aromatic N) is 1. The van der Waals surface area contributed by atoms with E-state index < -0.39 is 0 Å². The van der Waals surface area contributed by atoms with Crippen LogP contribution in [0.1, 0.15) is 11.1 Å². The molecular formula is C20H15Br2NO. The van der Waals surface area contributed by atoms with Gasteiger partial charge < -0.3 is 4.74 Å². The van der Waals surface area contributed by atoms with E-state index in [4.69, 9.17) is 4.74 Å². The first-order valence-electron chi connectivity index (χ1n) is 7.46. The average Bonchev–Trinajstić information content (AvgIpc) is 2.61. The van der Waals surface area contributed by atoms with Crippen LogP contribution in [-0.4, -0.2) is 6.21 Å². The number of hydrogen-bond acceptors (Lipinski definition) is 2. The van der Waals surface area contributed by atoms with Gasteiger partial charge in [-0.05, 0) is 69.5 Å². The van der Waals surface area contributed by atoms with Crippen molar-refractivity contribution >= 4 is 43.8 Å². The van der Waals surface area contributed by atoms with E-state index in [1.807, 2.05) is 79.0 Å². The molecule has 0 radical (unpaired) electrons. The molecule has 0 saturated carbocycles. The third kappa shape index (κ3) is 4.79. The van der Waals surface area contributed by atoms with E-state index in [1.54, 1.807) is 0 Å². The van der Waals surface area contributed by atoms with E-state index in [2.05, 4.69) is 36.9 Å². The van der Waals surface area contributed by atoms with E-state index >= 15 is 0 Å². The minimum Gasteiger partial charge on any atom is -0.488 e. The molecule has 0 amide bonds. The third-order valence-corrected chi connectivity index (χ3v) is 4.53. The Hall–Kier alpha value is -1.91. The van der Waals surface area contributed by atoms with Crippen LogP contribution in [0.15, 0.2) is 86.7 Å². The van der Waals surface area contributed by atoms with E-state index in [0.29, 0.717) is 6.61 Å². The lowest BCUT2D eigenvalue weighted by atomic mass is 10.2. The highest BCUT2D eigenvalue weighted by Crippen LogP contribution is 2.27. The fraction of sp³-hybridized carbons (Fsp3) is 0.0500. The second-order valence-corrected chi connectivity index (χ2v) is 6.97. The Morgan fingerprint density at radius 3 is 2.33 bits per heavy atom. The summed E-state index contributed by atoms with van der Waals surface area (Å²) in [5.74, 6) is 0.815. The number of benzene rings is 3. The van der Waals surface area contributed by atoms with Crippen molar-refractivity contribution in [3.05, 3.63) is 92.9 Å². The maximum absolute atomic E-state index is 5.87. The first-order chi connectivity index (χ1) is 11.7. The Morgan fingerprint density at radius 2 is 1.62 bits per heavy atom. The maximum Gasteiger partial charge on any atom is 0.134 e. The van der Waals surface area contributed by atoms with Crippen LogP contribution >= 0.6 is 31.9 Å². The summed E-state index contributed by atoms with van der Waals surface area (Å²) < 4.78 is 7.85. The van der Waals surface area contributed by atoms with Gasteiger partial charge in [-0.25, -0.2) is 0 Å². The van der Waals surface area contributed by atoms with Crippen LogP contribution < -0.4 is 4.74 Å². The Kier molecular flexibility index (Phi) is 5.83. The molecule has 3 aromatic rings. The van der Waals surface area contributed by atoms with Gasteiger partial charge in [-0.2, -0.15) is 0 Å². The van der Waals surface area contributed by atoms with Gasteiger partial charge in [0.1, 0.15) is 12.4 Å². The molecule has 0 atom stereocenters. The summed E-state index contributed by atoms with van der Waals surface area (Å²) >= 11 is 7.00. The second-order valence-electron chi connectivity index (χ2n) is 5.20. The zero-order chi connectivity index (χ0) is 16.8. The molecule has 0 N–H and O–H groups in total. The predicted molar refractivity (Wildman–Crippen MR) is 106 cm³/mol. The van der Waals surface area contributed by atoms with E-state index in [1.165, 1.54) is 0 Å². The van der Waals surface area contributed by atoms with Crippen LogP contribution in [-0.2, 0) is 6.61 Å². The molecule has 0 saturated heterocycles. The van der Waals surface area contributed by atoms with Crippen molar-refractivity contribution < 1.29 is 4.74 Å². The lowest BCUT2D eigenvalue weighted by Crippen LogP contribution is -1.96. The molecule has 0 aliphatic heterocycles. The van der Waals surface area contributed by atoms with Crippen molar-refractivity contribution in [3.8, 4) is 5.75 Å². The zero-order valence-corrected chi connectivity index (χ0v) is 16.0. The number of para-hydroxylation sites is 1. The summed E-state index contributed by atoms with van der Waals surface area (Å²) in [7, 11) is 0. The first kappa shape index (κ1) is 16.9. The molecule has 3 rings (SSSR count). The molecule has 2 nitrogen and oxygen atoms in total. The Morgan fingerprint density at radius 1 is 0.875 bits per heavy atom. The Labute approximate surface area is 158 Å². The van der Waals surface area contributed by atoms with Gasteiger partial charge in [-0.15, -0.1) is 0 Å². The van der Waals surface area contributed by atoms with Gasteiger partial charge in [-0.1, -0.05) is 46.3 Å². The highest BCUT2D eigenvalue weighted by Gasteiger charge is 2.03. The molecule has 120 valence electrons. The predicted octanol–water partition coefficient (Wildman–Crippen LogP) is 6.54. The van der Waals surface area contributed by atoms with Crippen LogP contribution in [0.2, 0.25) is 0 Å². The molecule has 0 unspecified atom stereocenters.